The molecular formula is C15H23N5S. The zero-order valence-corrected chi connectivity index (χ0v) is 13.8. The van der Waals surface area contributed by atoms with Gasteiger partial charge >= 0.3 is 0 Å². The van der Waals surface area contributed by atoms with Gasteiger partial charge in [-0.2, -0.15) is 0 Å². The largest absolute Gasteiger partial charge is 0.372 e. The van der Waals surface area contributed by atoms with Gasteiger partial charge in [-0.25, -0.2) is 9.97 Å². The Labute approximate surface area is 130 Å². The van der Waals surface area contributed by atoms with Crippen LogP contribution >= 0.6 is 11.3 Å². The molecule has 1 aliphatic heterocycles. The van der Waals surface area contributed by atoms with Gasteiger partial charge in [0.05, 0.1) is 11.9 Å². The molecule has 3 rings (SSSR count). The molecular weight excluding hydrogens is 282 g/mol. The monoisotopic (exact) mass is 305 g/mol. The van der Waals surface area contributed by atoms with Gasteiger partial charge in [-0.3, -0.25) is 9.80 Å². The van der Waals surface area contributed by atoms with Crippen LogP contribution in [0.2, 0.25) is 0 Å². The molecule has 5 nitrogen and oxygen atoms in total. The first-order valence-electron chi connectivity index (χ1n) is 7.59. The number of anilines is 1. The molecule has 21 heavy (non-hydrogen) atoms. The maximum Gasteiger partial charge on any atom is 0.146 e. The molecule has 1 atom stereocenters. The van der Waals surface area contributed by atoms with Crippen molar-refractivity contribution in [2.24, 2.45) is 0 Å². The predicted octanol–water partition coefficient (Wildman–Crippen LogP) is 2.26. The molecule has 0 radical (unpaired) electrons. The lowest BCUT2D eigenvalue weighted by Crippen LogP contribution is -2.51. The van der Waals surface area contributed by atoms with Gasteiger partial charge in [0, 0.05) is 32.7 Å². The van der Waals surface area contributed by atoms with Gasteiger partial charge < -0.3 is 5.32 Å². The molecule has 3 heterocycles. The number of rotatable bonds is 4. The van der Waals surface area contributed by atoms with E-state index >= 15 is 0 Å². The summed E-state index contributed by atoms with van der Waals surface area (Å²) >= 11 is 1.68. The first-order chi connectivity index (χ1) is 10.2. The smallest absolute Gasteiger partial charge is 0.146 e. The van der Waals surface area contributed by atoms with Crippen LogP contribution < -0.4 is 5.32 Å². The van der Waals surface area contributed by atoms with E-state index in [0.29, 0.717) is 6.04 Å². The number of hydrogen-bond donors (Lipinski definition) is 1. The van der Waals surface area contributed by atoms with Gasteiger partial charge in [0.15, 0.2) is 0 Å². The maximum absolute atomic E-state index is 4.71. The number of hydrogen-bond acceptors (Lipinski definition) is 6. The number of nitrogens with one attached hydrogen (secondary N) is 1. The lowest BCUT2D eigenvalue weighted by molar-refractivity contribution is 0.0819. The summed E-state index contributed by atoms with van der Waals surface area (Å²) in [5.74, 6) is 1.86. The van der Waals surface area contributed by atoms with Crippen molar-refractivity contribution < 1.29 is 0 Å². The number of nitrogens with zero attached hydrogens (tertiary/aromatic N) is 4. The Morgan fingerprint density at radius 3 is 2.95 bits per heavy atom. The van der Waals surface area contributed by atoms with Crippen LogP contribution in [0.4, 0.5) is 5.82 Å². The van der Waals surface area contributed by atoms with Crippen molar-refractivity contribution in [2.75, 3.05) is 38.5 Å². The second-order valence-corrected chi connectivity index (χ2v) is 6.49. The van der Waals surface area contributed by atoms with Crippen LogP contribution in [0.5, 0.6) is 0 Å². The summed E-state index contributed by atoms with van der Waals surface area (Å²) in [6.07, 6.45) is 0. The van der Waals surface area contributed by atoms with Crippen molar-refractivity contribution >= 4 is 27.4 Å². The van der Waals surface area contributed by atoms with E-state index in [2.05, 4.69) is 45.4 Å². The Bertz CT molecular complexity index is 611. The van der Waals surface area contributed by atoms with E-state index in [9.17, 15) is 0 Å². The summed E-state index contributed by atoms with van der Waals surface area (Å²) in [7, 11) is 1.92. The van der Waals surface area contributed by atoms with Crippen LogP contribution in [0.25, 0.3) is 10.2 Å². The normalized spacial score (nSPS) is 21.0. The van der Waals surface area contributed by atoms with E-state index in [1.165, 1.54) is 0 Å². The average molecular weight is 305 g/mol. The first-order valence-corrected chi connectivity index (χ1v) is 8.47. The third-order valence-corrected chi connectivity index (χ3v) is 5.04. The summed E-state index contributed by atoms with van der Waals surface area (Å²) in [6, 6.07) is 2.69. The maximum atomic E-state index is 4.71. The Balaban J connectivity index is 1.76. The Morgan fingerprint density at radius 1 is 1.38 bits per heavy atom. The minimum Gasteiger partial charge on any atom is -0.372 e. The molecule has 0 aromatic carbocycles. The molecule has 0 amide bonds. The number of likely N-dealkylation sites (N-methyl/N-ethyl adjacent to an activating group) is 1. The minimum absolute atomic E-state index is 0.609. The third-order valence-electron chi connectivity index (χ3n) is 4.23. The molecule has 0 aliphatic carbocycles. The molecule has 1 N–H and O–H groups in total. The van der Waals surface area contributed by atoms with E-state index in [4.69, 9.17) is 4.98 Å². The van der Waals surface area contributed by atoms with Gasteiger partial charge in [0.25, 0.3) is 0 Å². The quantitative estimate of drug-likeness (QED) is 0.938. The summed E-state index contributed by atoms with van der Waals surface area (Å²) in [5.41, 5.74) is 0. The predicted molar refractivity (Wildman–Crippen MR) is 88.9 cm³/mol. The van der Waals surface area contributed by atoms with Gasteiger partial charge in [-0.1, -0.05) is 6.92 Å². The number of piperazine rings is 1. The van der Waals surface area contributed by atoms with E-state index in [-0.39, 0.29) is 0 Å². The molecule has 2 aromatic heterocycles. The topological polar surface area (TPSA) is 44.3 Å². The van der Waals surface area contributed by atoms with Gasteiger partial charge in [0.1, 0.15) is 16.5 Å². The lowest BCUT2D eigenvalue weighted by Gasteiger charge is -2.39. The second kappa shape index (κ2) is 6.25. The third kappa shape index (κ3) is 3.02. The van der Waals surface area contributed by atoms with Crippen molar-refractivity contribution in [3.8, 4) is 0 Å². The van der Waals surface area contributed by atoms with E-state index in [1.54, 1.807) is 11.3 Å². The van der Waals surface area contributed by atoms with Gasteiger partial charge in [-0.15, -0.1) is 11.3 Å². The van der Waals surface area contributed by atoms with Crippen LogP contribution in [-0.2, 0) is 6.54 Å². The molecule has 1 unspecified atom stereocenters. The molecule has 0 spiro atoms. The Kier molecular flexibility index (Phi) is 4.37. The summed E-state index contributed by atoms with van der Waals surface area (Å²) in [4.78, 5) is 15.5. The van der Waals surface area contributed by atoms with Crippen molar-refractivity contribution in [1.29, 1.82) is 0 Å². The van der Waals surface area contributed by atoms with Crippen LogP contribution in [0, 0.1) is 0 Å². The van der Waals surface area contributed by atoms with Crippen molar-refractivity contribution in [2.45, 2.75) is 26.4 Å². The SMILES string of the molecule is CCN1CCN(Cc2nc(NC)c3ccsc3n2)CC1C. The van der Waals surface area contributed by atoms with Crippen molar-refractivity contribution in [3.05, 3.63) is 17.3 Å². The molecule has 6 heteroatoms. The van der Waals surface area contributed by atoms with E-state index in [1.807, 2.05) is 7.05 Å². The van der Waals surface area contributed by atoms with E-state index in [0.717, 1.165) is 54.6 Å². The van der Waals surface area contributed by atoms with Crippen LogP contribution in [-0.4, -0.2) is 59.0 Å². The molecule has 1 saturated heterocycles. The highest BCUT2D eigenvalue weighted by Crippen LogP contribution is 2.25. The summed E-state index contributed by atoms with van der Waals surface area (Å²) in [5, 5.41) is 6.38. The zero-order valence-electron chi connectivity index (χ0n) is 13.0. The summed E-state index contributed by atoms with van der Waals surface area (Å²) in [6.45, 7) is 9.84. The number of fused-ring (bicyclic) bond motifs is 1. The highest BCUT2D eigenvalue weighted by atomic mass is 32.1. The van der Waals surface area contributed by atoms with Crippen molar-refractivity contribution in [3.63, 3.8) is 0 Å². The standard InChI is InChI=1S/C15H23N5S/c1-4-20-7-6-19(9-11(20)2)10-13-17-14(16-3)12-5-8-21-15(12)18-13/h5,8,11H,4,6-7,9-10H2,1-3H3,(H,16,17,18). The fraction of sp³-hybridized carbons (Fsp3) is 0.600. The highest BCUT2D eigenvalue weighted by molar-refractivity contribution is 7.16. The molecule has 114 valence electrons. The van der Waals surface area contributed by atoms with Gasteiger partial charge in [-0.05, 0) is 24.9 Å². The molecule has 2 aromatic rings. The average Bonchev–Trinajstić information content (AvgIpc) is 2.95. The van der Waals surface area contributed by atoms with Crippen LogP contribution in [0.1, 0.15) is 19.7 Å². The fourth-order valence-electron chi connectivity index (χ4n) is 3.04. The highest BCUT2D eigenvalue weighted by Gasteiger charge is 2.23. The van der Waals surface area contributed by atoms with Crippen molar-refractivity contribution in [1.82, 2.24) is 19.8 Å². The van der Waals surface area contributed by atoms with Crippen LogP contribution in [0.3, 0.4) is 0 Å². The van der Waals surface area contributed by atoms with Crippen LogP contribution in [0.15, 0.2) is 11.4 Å². The molecule has 0 bridgehead atoms. The summed E-state index contributed by atoms with van der Waals surface area (Å²) < 4.78 is 0. The lowest BCUT2D eigenvalue weighted by atomic mass is 10.2. The Hall–Kier alpha value is -1.24. The van der Waals surface area contributed by atoms with E-state index < -0.39 is 0 Å². The zero-order chi connectivity index (χ0) is 14.8. The van der Waals surface area contributed by atoms with Gasteiger partial charge in [0.2, 0.25) is 0 Å². The Morgan fingerprint density at radius 2 is 2.24 bits per heavy atom. The fourth-order valence-corrected chi connectivity index (χ4v) is 3.83. The minimum atomic E-state index is 0.609. The second-order valence-electron chi connectivity index (χ2n) is 5.59. The number of aromatic nitrogens is 2. The molecule has 1 fully saturated rings. The molecule has 0 saturated carbocycles. The number of thiophene rings is 1. The molecule has 1 aliphatic rings. The first kappa shape index (κ1) is 14.7.